The average molecular weight is 425 g/mol. The Balaban J connectivity index is 1.46. The molecule has 1 amide bonds. The fourth-order valence-corrected chi connectivity index (χ4v) is 3.93. The minimum Gasteiger partial charge on any atom is -0.490 e. The Morgan fingerprint density at radius 2 is 1.53 bits per heavy atom. The molecule has 2 aromatic carbocycles. The number of fused-ring (bicyclic) bond motifs is 1. The Labute approximate surface area is 173 Å². The van der Waals surface area contributed by atoms with Crippen molar-refractivity contribution in [3.05, 3.63) is 72.6 Å². The summed E-state index contributed by atoms with van der Waals surface area (Å²) in [6, 6.07) is 14.1. The molecule has 1 aliphatic rings. The molecule has 30 heavy (non-hydrogen) atoms. The zero-order chi connectivity index (χ0) is 21.0. The van der Waals surface area contributed by atoms with Crippen LogP contribution in [-0.2, 0) is 10.0 Å². The standard InChI is InChI=1S/C21H19N3O5S/c25-21(15-8-10-22-11-9-15)23-16-2-4-17(5-3-16)24-30(26,27)18-6-7-19-20(14-18)29-13-1-12-28-19/h2-11,14,24H,1,12-13H2,(H,23,25). The molecule has 0 spiro atoms. The first-order chi connectivity index (χ1) is 14.5. The minimum atomic E-state index is -3.82. The smallest absolute Gasteiger partial charge is 0.262 e. The van der Waals surface area contributed by atoms with Crippen LogP contribution in [0, 0.1) is 0 Å². The van der Waals surface area contributed by atoms with E-state index in [0.29, 0.717) is 41.7 Å². The number of pyridine rings is 1. The number of hydrogen-bond acceptors (Lipinski definition) is 6. The summed E-state index contributed by atoms with van der Waals surface area (Å²) in [6.07, 6.45) is 3.80. The first-order valence-electron chi connectivity index (χ1n) is 9.25. The summed E-state index contributed by atoms with van der Waals surface area (Å²) in [5.74, 6) is 0.656. The molecule has 154 valence electrons. The van der Waals surface area contributed by atoms with Crippen molar-refractivity contribution in [1.29, 1.82) is 0 Å². The van der Waals surface area contributed by atoms with Gasteiger partial charge in [-0.1, -0.05) is 0 Å². The maximum Gasteiger partial charge on any atom is 0.262 e. The second-order valence-corrected chi connectivity index (χ2v) is 8.21. The van der Waals surface area contributed by atoms with Crippen molar-refractivity contribution in [2.45, 2.75) is 11.3 Å². The predicted octanol–water partition coefficient (Wildman–Crippen LogP) is 3.30. The van der Waals surface area contributed by atoms with Crippen LogP contribution in [0.25, 0.3) is 0 Å². The highest BCUT2D eigenvalue weighted by molar-refractivity contribution is 7.92. The summed E-state index contributed by atoms with van der Waals surface area (Å²) >= 11 is 0. The Bertz CT molecular complexity index is 1150. The Morgan fingerprint density at radius 1 is 0.867 bits per heavy atom. The highest BCUT2D eigenvalue weighted by Gasteiger charge is 2.19. The van der Waals surface area contributed by atoms with E-state index < -0.39 is 10.0 Å². The Kier molecular flexibility index (Phi) is 5.53. The number of carbonyl (C=O) groups excluding carboxylic acids is 1. The molecule has 8 nitrogen and oxygen atoms in total. The van der Waals surface area contributed by atoms with Crippen LogP contribution in [-0.4, -0.2) is 32.5 Å². The number of rotatable bonds is 5. The van der Waals surface area contributed by atoms with E-state index in [0.717, 1.165) is 6.42 Å². The minimum absolute atomic E-state index is 0.0711. The highest BCUT2D eigenvalue weighted by Crippen LogP contribution is 2.32. The predicted molar refractivity (Wildman–Crippen MR) is 111 cm³/mol. The van der Waals surface area contributed by atoms with Crippen molar-refractivity contribution in [3.8, 4) is 11.5 Å². The molecule has 0 unspecified atom stereocenters. The maximum absolute atomic E-state index is 12.7. The van der Waals surface area contributed by atoms with E-state index in [-0.39, 0.29) is 10.8 Å². The van der Waals surface area contributed by atoms with Gasteiger partial charge in [0.2, 0.25) is 0 Å². The van der Waals surface area contributed by atoms with Crippen LogP contribution in [0.3, 0.4) is 0 Å². The van der Waals surface area contributed by atoms with Crippen LogP contribution in [0.5, 0.6) is 11.5 Å². The zero-order valence-electron chi connectivity index (χ0n) is 15.9. The molecule has 1 aliphatic heterocycles. The number of aromatic nitrogens is 1. The fraction of sp³-hybridized carbons (Fsp3) is 0.143. The van der Waals surface area contributed by atoms with Gasteiger partial charge in [0, 0.05) is 41.8 Å². The van der Waals surface area contributed by atoms with E-state index in [2.05, 4.69) is 15.0 Å². The number of sulfonamides is 1. The topological polar surface area (TPSA) is 107 Å². The van der Waals surface area contributed by atoms with Crippen LogP contribution in [0.15, 0.2) is 71.9 Å². The van der Waals surface area contributed by atoms with Gasteiger partial charge in [0.25, 0.3) is 15.9 Å². The second-order valence-electron chi connectivity index (χ2n) is 6.53. The molecular weight excluding hydrogens is 406 g/mol. The third-order valence-electron chi connectivity index (χ3n) is 4.37. The largest absolute Gasteiger partial charge is 0.490 e. The molecule has 4 rings (SSSR count). The fourth-order valence-electron chi connectivity index (χ4n) is 2.85. The maximum atomic E-state index is 12.7. The van der Waals surface area contributed by atoms with Crippen LogP contribution < -0.4 is 19.5 Å². The molecule has 0 radical (unpaired) electrons. The van der Waals surface area contributed by atoms with E-state index in [4.69, 9.17) is 9.47 Å². The summed E-state index contributed by atoms with van der Waals surface area (Å²) < 4.78 is 39.1. The summed E-state index contributed by atoms with van der Waals surface area (Å²) in [5.41, 5.74) is 1.38. The van der Waals surface area contributed by atoms with Gasteiger partial charge in [-0.05, 0) is 48.5 Å². The summed E-state index contributed by atoms with van der Waals surface area (Å²) in [5, 5.41) is 2.75. The number of benzene rings is 2. The molecule has 0 saturated heterocycles. The Hall–Kier alpha value is -3.59. The van der Waals surface area contributed by atoms with E-state index in [9.17, 15) is 13.2 Å². The van der Waals surface area contributed by atoms with Gasteiger partial charge in [0.15, 0.2) is 11.5 Å². The number of nitrogens with zero attached hydrogens (tertiary/aromatic N) is 1. The summed E-state index contributed by atoms with van der Waals surface area (Å²) in [6.45, 7) is 0.998. The summed E-state index contributed by atoms with van der Waals surface area (Å²) in [7, 11) is -3.82. The Morgan fingerprint density at radius 3 is 2.27 bits per heavy atom. The van der Waals surface area contributed by atoms with Crippen molar-refractivity contribution >= 4 is 27.3 Å². The van der Waals surface area contributed by atoms with Crippen LogP contribution in [0.4, 0.5) is 11.4 Å². The molecule has 0 atom stereocenters. The highest BCUT2D eigenvalue weighted by atomic mass is 32.2. The van der Waals surface area contributed by atoms with Gasteiger partial charge < -0.3 is 14.8 Å². The van der Waals surface area contributed by atoms with Crippen LogP contribution in [0.1, 0.15) is 16.8 Å². The second kappa shape index (κ2) is 8.42. The van der Waals surface area contributed by atoms with Gasteiger partial charge >= 0.3 is 0 Å². The normalized spacial score (nSPS) is 13.2. The molecule has 0 saturated carbocycles. The van der Waals surface area contributed by atoms with Gasteiger partial charge in [0.1, 0.15) is 0 Å². The number of nitrogens with one attached hydrogen (secondary N) is 2. The van der Waals surface area contributed by atoms with Gasteiger partial charge in [-0.2, -0.15) is 0 Å². The lowest BCUT2D eigenvalue weighted by Crippen LogP contribution is -2.14. The first-order valence-corrected chi connectivity index (χ1v) is 10.7. The SMILES string of the molecule is O=C(Nc1ccc(NS(=O)(=O)c2ccc3c(c2)OCCCO3)cc1)c1ccncc1. The third-order valence-corrected chi connectivity index (χ3v) is 5.75. The lowest BCUT2D eigenvalue weighted by Gasteiger charge is -2.12. The van der Waals surface area contributed by atoms with E-state index >= 15 is 0 Å². The number of amides is 1. The molecule has 0 bridgehead atoms. The molecular formula is C21H19N3O5S. The number of hydrogen-bond donors (Lipinski definition) is 2. The van der Waals surface area contributed by atoms with Crippen LogP contribution in [0.2, 0.25) is 0 Å². The van der Waals surface area contributed by atoms with Crippen molar-refractivity contribution in [1.82, 2.24) is 4.98 Å². The lowest BCUT2D eigenvalue weighted by atomic mass is 10.2. The monoisotopic (exact) mass is 425 g/mol. The van der Waals surface area contributed by atoms with Crippen molar-refractivity contribution in [2.24, 2.45) is 0 Å². The average Bonchev–Trinajstić information content (AvgIpc) is 3.00. The van der Waals surface area contributed by atoms with Crippen LogP contribution >= 0.6 is 0 Å². The quantitative estimate of drug-likeness (QED) is 0.650. The molecule has 2 N–H and O–H groups in total. The van der Waals surface area contributed by atoms with E-state index in [1.54, 1.807) is 42.5 Å². The lowest BCUT2D eigenvalue weighted by molar-refractivity contribution is 0.102. The molecule has 1 aromatic heterocycles. The first kappa shape index (κ1) is 19.7. The molecule has 3 aromatic rings. The third kappa shape index (κ3) is 4.52. The summed E-state index contributed by atoms with van der Waals surface area (Å²) in [4.78, 5) is 16.1. The molecule has 2 heterocycles. The van der Waals surface area contributed by atoms with E-state index in [1.165, 1.54) is 24.5 Å². The number of anilines is 2. The van der Waals surface area contributed by atoms with Gasteiger partial charge in [0.05, 0.1) is 18.1 Å². The number of ether oxygens (including phenoxy) is 2. The number of carbonyl (C=O) groups is 1. The molecule has 0 aliphatic carbocycles. The zero-order valence-corrected chi connectivity index (χ0v) is 16.7. The van der Waals surface area contributed by atoms with Crippen molar-refractivity contribution < 1.29 is 22.7 Å². The van der Waals surface area contributed by atoms with Crippen molar-refractivity contribution in [3.63, 3.8) is 0 Å². The van der Waals surface area contributed by atoms with Gasteiger partial charge in [-0.3, -0.25) is 14.5 Å². The van der Waals surface area contributed by atoms with Gasteiger partial charge in [-0.15, -0.1) is 0 Å². The van der Waals surface area contributed by atoms with Crippen molar-refractivity contribution in [2.75, 3.05) is 23.3 Å². The van der Waals surface area contributed by atoms with E-state index in [1.807, 2.05) is 0 Å². The molecule has 9 heteroatoms. The molecule has 0 fully saturated rings. The van der Waals surface area contributed by atoms with Gasteiger partial charge in [-0.25, -0.2) is 8.42 Å².